The van der Waals surface area contributed by atoms with Gasteiger partial charge in [-0.05, 0) is 13.0 Å². The number of halogens is 1. The number of H-pyrrole nitrogens is 1. The highest BCUT2D eigenvalue weighted by Crippen LogP contribution is 2.14. The van der Waals surface area contributed by atoms with Gasteiger partial charge in [-0.25, -0.2) is 4.98 Å². The van der Waals surface area contributed by atoms with Crippen molar-refractivity contribution < 1.29 is 0 Å². The maximum absolute atomic E-state index is 5.88. The molecule has 68 valence electrons. The summed E-state index contributed by atoms with van der Waals surface area (Å²) < 4.78 is 0. The monoisotopic (exact) mass is 187 g/mol. The summed E-state index contributed by atoms with van der Waals surface area (Å²) in [4.78, 5) is 7.31. The van der Waals surface area contributed by atoms with Crippen molar-refractivity contribution in [1.29, 1.82) is 0 Å². The first-order valence-corrected chi connectivity index (χ1v) is 4.59. The maximum atomic E-state index is 5.88. The Morgan fingerprint density at radius 3 is 2.83 bits per heavy atom. The lowest BCUT2D eigenvalue weighted by Gasteiger charge is -1.92. The molecule has 0 unspecified atom stereocenters. The Hall–Kier alpha value is -0.540. The summed E-state index contributed by atoms with van der Waals surface area (Å²) in [7, 11) is 0. The minimum absolute atomic E-state index is 0.598. The molecule has 1 aromatic heterocycles. The molecule has 0 radical (unpaired) electrons. The van der Waals surface area contributed by atoms with E-state index < -0.39 is 0 Å². The average molecular weight is 188 g/mol. The highest BCUT2D eigenvalue weighted by molar-refractivity contribution is 6.30. The van der Waals surface area contributed by atoms with E-state index >= 15 is 0 Å². The van der Waals surface area contributed by atoms with Crippen LogP contribution in [0, 0.1) is 0 Å². The number of rotatable bonds is 4. The second kappa shape index (κ2) is 4.48. The Labute approximate surface area is 77.3 Å². The maximum Gasteiger partial charge on any atom is 0.150 e. The molecular weight excluding hydrogens is 174 g/mol. The molecule has 4 heteroatoms. The smallest absolute Gasteiger partial charge is 0.150 e. The summed E-state index contributed by atoms with van der Waals surface area (Å²) in [5.41, 5.74) is 6.42. The normalized spacial score (nSPS) is 10.6. The van der Waals surface area contributed by atoms with Gasteiger partial charge in [0.2, 0.25) is 0 Å². The van der Waals surface area contributed by atoms with E-state index in [2.05, 4.69) is 16.9 Å². The van der Waals surface area contributed by atoms with E-state index in [1.807, 2.05) is 0 Å². The number of nitrogens with two attached hydrogens (primary N) is 1. The first kappa shape index (κ1) is 9.55. The molecule has 1 rings (SSSR count). The SMILES string of the molecule is CCCc1[nH]c(CCN)nc1Cl. The van der Waals surface area contributed by atoms with E-state index in [4.69, 9.17) is 17.3 Å². The number of aryl methyl sites for hydroxylation is 1. The lowest BCUT2D eigenvalue weighted by molar-refractivity contribution is 0.858. The Balaban J connectivity index is 2.70. The third kappa shape index (κ3) is 2.22. The minimum atomic E-state index is 0.598. The predicted molar refractivity (Wildman–Crippen MR) is 50.4 cm³/mol. The Bertz CT molecular complexity index is 244. The van der Waals surface area contributed by atoms with Crippen LogP contribution in [0.5, 0.6) is 0 Å². The zero-order valence-electron chi connectivity index (χ0n) is 7.23. The highest BCUT2D eigenvalue weighted by Gasteiger charge is 2.05. The van der Waals surface area contributed by atoms with Crippen LogP contribution in [0.3, 0.4) is 0 Å². The van der Waals surface area contributed by atoms with E-state index in [9.17, 15) is 0 Å². The number of nitrogens with one attached hydrogen (secondary N) is 1. The molecule has 0 amide bonds. The van der Waals surface area contributed by atoms with Gasteiger partial charge in [0.05, 0.1) is 5.69 Å². The lowest BCUT2D eigenvalue weighted by Crippen LogP contribution is -2.03. The van der Waals surface area contributed by atoms with Gasteiger partial charge in [0, 0.05) is 6.42 Å². The molecule has 0 aliphatic rings. The van der Waals surface area contributed by atoms with Gasteiger partial charge in [-0.15, -0.1) is 0 Å². The molecule has 3 N–H and O–H groups in total. The third-order valence-corrected chi connectivity index (χ3v) is 1.97. The molecule has 0 atom stereocenters. The van der Waals surface area contributed by atoms with E-state index in [0.717, 1.165) is 30.8 Å². The lowest BCUT2D eigenvalue weighted by atomic mass is 10.3. The largest absolute Gasteiger partial charge is 0.345 e. The minimum Gasteiger partial charge on any atom is -0.345 e. The predicted octanol–water partition coefficient (Wildman–Crippen LogP) is 1.52. The Morgan fingerprint density at radius 1 is 1.50 bits per heavy atom. The van der Waals surface area contributed by atoms with Crippen molar-refractivity contribution in [2.24, 2.45) is 5.73 Å². The molecule has 1 aromatic rings. The summed E-state index contributed by atoms with van der Waals surface area (Å²) in [6.07, 6.45) is 2.80. The van der Waals surface area contributed by atoms with Crippen molar-refractivity contribution in [2.45, 2.75) is 26.2 Å². The molecule has 3 nitrogen and oxygen atoms in total. The summed E-state index contributed by atoms with van der Waals surface area (Å²) in [6, 6.07) is 0. The van der Waals surface area contributed by atoms with E-state index in [0.29, 0.717) is 11.7 Å². The fourth-order valence-corrected chi connectivity index (χ4v) is 1.35. The average Bonchev–Trinajstić information content (AvgIpc) is 2.34. The van der Waals surface area contributed by atoms with Gasteiger partial charge in [-0.3, -0.25) is 0 Å². The van der Waals surface area contributed by atoms with Crippen LogP contribution in [0.1, 0.15) is 24.9 Å². The molecule has 0 saturated carbocycles. The van der Waals surface area contributed by atoms with Gasteiger partial charge in [0.1, 0.15) is 11.0 Å². The van der Waals surface area contributed by atoms with Crippen molar-refractivity contribution in [2.75, 3.05) is 6.54 Å². The zero-order chi connectivity index (χ0) is 8.97. The molecule has 1 heterocycles. The quantitative estimate of drug-likeness (QED) is 0.751. The fraction of sp³-hybridized carbons (Fsp3) is 0.625. The van der Waals surface area contributed by atoms with E-state index in [1.54, 1.807) is 0 Å². The Kier molecular flexibility index (Phi) is 3.56. The van der Waals surface area contributed by atoms with Gasteiger partial charge in [-0.2, -0.15) is 0 Å². The second-order valence-electron chi connectivity index (χ2n) is 2.74. The summed E-state index contributed by atoms with van der Waals surface area (Å²) >= 11 is 5.88. The van der Waals surface area contributed by atoms with Crippen LogP contribution < -0.4 is 5.73 Å². The number of imidazole rings is 1. The van der Waals surface area contributed by atoms with E-state index in [1.165, 1.54) is 0 Å². The van der Waals surface area contributed by atoms with Crippen molar-refractivity contribution in [3.63, 3.8) is 0 Å². The summed E-state index contributed by atoms with van der Waals surface area (Å²) in [5.74, 6) is 0.894. The molecular formula is C8H14ClN3. The van der Waals surface area contributed by atoms with Crippen molar-refractivity contribution >= 4 is 11.6 Å². The van der Waals surface area contributed by atoms with Crippen molar-refractivity contribution in [1.82, 2.24) is 9.97 Å². The molecule has 0 spiro atoms. The van der Waals surface area contributed by atoms with Crippen molar-refractivity contribution in [3.8, 4) is 0 Å². The first-order valence-electron chi connectivity index (χ1n) is 4.21. The number of hydrogen-bond acceptors (Lipinski definition) is 2. The highest BCUT2D eigenvalue weighted by atomic mass is 35.5. The van der Waals surface area contributed by atoms with Crippen LogP contribution in [0.25, 0.3) is 0 Å². The number of aromatic amines is 1. The molecule has 0 saturated heterocycles. The number of hydrogen-bond donors (Lipinski definition) is 2. The van der Waals surface area contributed by atoms with Gasteiger partial charge >= 0.3 is 0 Å². The molecule has 0 fully saturated rings. The van der Waals surface area contributed by atoms with E-state index in [-0.39, 0.29) is 0 Å². The number of nitrogens with zero attached hydrogens (tertiary/aromatic N) is 1. The molecule has 0 aromatic carbocycles. The summed E-state index contributed by atoms with van der Waals surface area (Å²) in [6.45, 7) is 2.72. The zero-order valence-corrected chi connectivity index (χ0v) is 7.99. The topological polar surface area (TPSA) is 54.7 Å². The molecule has 12 heavy (non-hydrogen) atoms. The molecule has 0 aliphatic heterocycles. The fourth-order valence-electron chi connectivity index (χ4n) is 1.11. The van der Waals surface area contributed by atoms with Crippen LogP contribution >= 0.6 is 11.6 Å². The molecule has 0 bridgehead atoms. The van der Waals surface area contributed by atoms with Crippen LogP contribution in [0.2, 0.25) is 5.15 Å². The molecule has 0 aliphatic carbocycles. The second-order valence-corrected chi connectivity index (χ2v) is 3.10. The van der Waals surface area contributed by atoms with Crippen LogP contribution in [0.4, 0.5) is 0 Å². The van der Waals surface area contributed by atoms with Crippen LogP contribution in [0.15, 0.2) is 0 Å². The first-order chi connectivity index (χ1) is 5.77. The van der Waals surface area contributed by atoms with Gasteiger partial charge < -0.3 is 10.7 Å². The van der Waals surface area contributed by atoms with Crippen LogP contribution in [-0.4, -0.2) is 16.5 Å². The number of aromatic nitrogens is 2. The van der Waals surface area contributed by atoms with Crippen molar-refractivity contribution in [3.05, 3.63) is 16.7 Å². The van der Waals surface area contributed by atoms with Gasteiger partial charge in [0.15, 0.2) is 0 Å². The standard InChI is InChI=1S/C8H14ClN3/c1-2-3-6-8(9)12-7(11-6)4-5-10/h2-5,10H2,1H3,(H,11,12). The summed E-state index contributed by atoms with van der Waals surface area (Å²) in [5, 5.41) is 0.598. The third-order valence-electron chi connectivity index (χ3n) is 1.66. The van der Waals surface area contributed by atoms with Crippen LogP contribution in [-0.2, 0) is 12.8 Å². The van der Waals surface area contributed by atoms with Gasteiger partial charge in [-0.1, -0.05) is 24.9 Å². The Morgan fingerprint density at radius 2 is 2.25 bits per heavy atom. The van der Waals surface area contributed by atoms with Gasteiger partial charge in [0.25, 0.3) is 0 Å².